The molecular weight excluding hydrogens is 280 g/mol. The van der Waals surface area contributed by atoms with E-state index >= 15 is 0 Å². The van der Waals surface area contributed by atoms with Crippen LogP contribution < -0.4 is 5.73 Å². The number of primary amides is 1. The zero-order valence-electron chi connectivity index (χ0n) is 13.4. The molecule has 1 aromatic rings. The zero-order chi connectivity index (χ0) is 16.3. The summed E-state index contributed by atoms with van der Waals surface area (Å²) in [4.78, 5) is 25.8. The number of likely N-dealkylation sites (tertiary alicyclic amines) is 1. The maximum absolute atomic E-state index is 12.6. The molecule has 0 saturated carbocycles. The molecule has 0 spiro atoms. The Morgan fingerprint density at radius 2 is 1.91 bits per heavy atom. The Bertz CT molecular complexity index is 539. The molecule has 5 nitrogen and oxygen atoms in total. The molecule has 0 aliphatic carbocycles. The first-order valence-corrected chi connectivity index (χ1v) is 7.61. The van der Waals surface area contributed by atoms with Gasteiger partial charge in [0.2, 0.25) is 5.91 Å². The van der Waals surface area contributed by atoms with Gasteiger partial charge in [0.15, 0.2) is 0 Å². The van der Waals surface area contributed by atoms with Crippen LogP contribution in [-0.2, 0) is 9.53 Å². The Kier molecular flexibility index (Phi) is 5.19. The van der Waals surface area contributed by atoms with Crippen LogP contribution in [0.25, 0.3) is 0 Å². The lowest BCUT2D eigenvalue weighted by Gasteiger charge is -2.17. The van der Waals surface area contributed by atoms with E-state index in [9.17, 15) is 9.59 Å². The van der Waals surface area contributed by atoms with Crippen molar-refractivity contribution in [2.24, 2.45) is 17.6 Å². The largest absolute Gasteiger partial charge is 0.384 e. The number of nitrogens with zero attached hydrogens (tertiary/aromatic N) is 1. The number of hydrogen-bond acceptors (Lipinski definition) is 3. The number of nitrogens with two attached hydrogens (primary N) is 1. The van der Waals surface area contributed by atoms with Crippen LogP contribution in [0.15, 0.2) is 24.3 Å². The van der Waals surface area contributed by atoms with Crippen molar-refractivity contribution in [2.75, 3.05) is 26.8 Å². The molecule has 0 radical (unpaired) electrons. The van der Waals surface area contributed by atoms with Crippen LogP contribution >= 0.6 is 0 Å². The molecule has 2 rings (SSSR count). The fourth-order valence-corrected chi connectivity index (χ4v) is 2.94. The summed E-state index contributed by atoms with van der Waals surface area (Å²) in [6.45, 7) is 5.54. The monoisotopic (exact) mass is 304 g/mol. The molecule has 22 heavy (non-hydrogen) atoms. The highest BCUT2D eigenvalue weighted by molar-refractivity contribution is 5.95. The van der Waals surface area contributed by atoms with Crippen molar-refractivity contribution in [1.82, 2.24) is 4.90 Å². The second kappa shape index (κ2) is 6.92. The van der Waals surface area contributed by atoms with Gasteiger partial charge in [0.05, 0.1) is 12.5 Å². The number of hydrogen-bond donors (Lipinski definition) is 1. The first kappa shape index (κ1) is 16.5. The average Bonchev–Trinajstić information content (AvgIpc) is 2.91. The van der Waals surface area contributed by atoms with Crippen LogP contribution in [0, 0.1) is 11.8 Å². The van der Waals surface area contributed by atoms with Crippen LogP contribution in [0.4, 0.5) is 0 Å². The quantitative estimate of drug-likeness (QED) is 0.898. The van der Waals surface area contributed by atoms with Gasteiger partial charge >= 0.3 is 0 Å². The summed E-state index contributed by atoms with van der Waals surface area (Å²) in [5.41, 5.74) is 7.28. The maximum Gasteiger partial charge on any atom is 0.253 e. The van der Waals surface area contributed by atoms with Gasteiger partial charge in [-0.15, -0.1) is 0 Å². The average molecular weight is 304 g/mol. The fourth-order valence-electron chi connectivity index (χ4n) is 2.94. The van der Waals surface area contributed by atoms with Crippen molar-refractivity contribution >= 4 is 11.8 Å². The Morgan fingerprint density at radius 1 is 1.27 bits per heavy atom. The highest BCUT2D eigenvalue weighted by Crippen LogP contribution is 2.25. The molecule has 2 N–H and O–H groups in total. The number of benzene rings is 1. The topological polar surface area (TPSA) is 72.6 Å². The molecule has 0 aromatic heterocycles. The summed E-state index contributed by atoms with van der Waals surface area (Å²) in [6, 6.07) is 7.65. The molecule has 1 fully saturated rings. The number of carbonyl (C=O) groups excluding carboxylic acids is 2. The third-order valence-corrected chi connectivity index (χ3v) is 4.30. The van der Waals surface area contributed by atoms with E-state index < -0.39 is 0 Å². The van der Waals surface area contributed by atoms with Gasteiger partial charge in [-0.1, -0.05) is 26.0 Å². The third kappa shape index (κ3) is 3.47. The Morgan fingerprint density at radius 3 is 2.41 bits per heavy atom. The van der Waals surface area contributed by atoms with E-state index in [0.717, 1.165) is 0 Å². The van der Waals surface area contributed by atoms with Gasteiger partial charge in [0, 0.05) is 31.7 Å². The highest BCUT2D eigenvalue weighted by atomic mass is 16.5. The predicted molar refractivity (Wildman–Crippen MR) is 84.5 cm³/mol. The van der Waals surface area contributed by atoms with Crippen LogP contribution in [-0.4, -0.2) is 43.5 Å². The lowest BCUT2D eigenvalue weighted by atomic mass is 9.96. The molecule has 2 atom stereocenters. The van der Waals surface area contributed by atoms with E-state index in [1.54, 1.807) is 12.0 Å². The second-order valence-corrected chi connectivity index (χ2v) is 6.21. The number of amides is 2. The summed E-state index contributed by atoms with van der Waals surface area (Å²) < 4.78 is 5.14. The summed E-state index contributed by atoms with van der Waals surface area (Å²) >= 11 is 0. The van der Waals surface area contributed by atoms with E-state index in [-0.39, 0.29) is 23.7 Å². The minimum atomic E-state index is -0.368. The van der Waals surface area contributed by atoms with Crippen molar-refractivity contribution in [2.45, 2.75) is 19.8 Å². The van der Waals surface area contributed by atoms with Gasteiger partial charge in [-0.2, -0.15) is 0 Å². The van der Waals surface area contributed by atoms with Gasteiger partial charge in [0.1, 0.15) is 0 Å². The number of rotatable bonds is 5. The molecule has 2 amide bonds. The van der Waals surface area contributed by atoms with Crippen LogP contribution in [0.2, 0.25) is 0 Å². The molecule has 1 aliphatic rings. The van der Waals surface area contributed by atoms with E-state index in [0.29, 0.717) is 31.2 Å². The third-order valence-electron chi connectivity index (χ3n) is 4.30. The number of methoxy groups -OCH3 is 1. The zero-order valence-corrected chi connectivity index (χ0v) is 13.4. The second-order valence-electron chi connectivity index (χ2n) is 6.21. The van der Waals surface area contributed by atoms with Crippen LogP contribution in [0.5, 0.6) is 0 Å². The van der Waals surface area contributed by atoms with Gasteiger partial charge in [-0.05, 0) is 23.6 Å². The maximum atomic E-state index is 12.6. The summed E-state index contributed by atoms with van der Waals surface area (Å²) in [6.07, 6.45) is 0. The van der Waals surface area contributed by atoms with E-state index in [1.807, 2.05) is 24.3 Å². The minimum absolute atomic E-state index is 0.0265. The molecular formula is C17H24N2O3. The smallest absolute Gasteiger partial charge is 0.253 e. The van der Waals surface area contributed by atoms with Crippen LogP contribution in [0.1, 0.15) is 35.7 Å². The molecule has 5 heteroatoms. The Hall–Kier alpha value is -1.88. The minimum Gasteiger partial charge on any atom is -0.384 e. The first-order valence-electron chi connectivity index (χ1n) is 7.61. The van der Waals surface area contributed by atoms with Crippen molar-refractivity contribution in [1.29, 1.82) is 0 Å². The Labute approximate surface area is 131 Å². The molecule has 1 aliphatic heterocycles. The van der Waals surface area contributed by atoms with Crippen molar-refractivity contribution < 1.29 is 14.3 Å². The molecule has 1 heterocycles. The van der Waals surface area contributed by atoms with Crippen LogP contribution in [0.3, 0.4) is 0 Å². The van der Waals surface area contributed by atoms with E-state index in [1.165, 1.54) is 5.56 Å². The predicted octanol–water partition coefficient (Wildman–Crippen LogP) is 1.63. The standard InChI is InChI=1S/C17H24N2O3/c1-11(2)12-4-6-13(7-5-12)17(21)19-8-14(10-22-3)15(9-19)16(18)20/h4-7,11,14-15H,8-10H2,1-3H3,(H2,18,20)/t14-,15+/m0/s1. The number of carbonyl (C=O) groups is 2. The molecule has 120 valence electrons. The SMILES string of the molecule is COC[C@@H]1CN(C(=O)c2ccc(C(C)C)cc2)C[C@H]1C(N)=O. The lowest BCUT2D eigenvalue weighted by molar-refractivity contribution is -0.122. The summed E-state index contributed by atoms with van der Waals surface area (Å²) in [5, 5.41) is 0. The number of ether oxygens (including phenoxy) is 1. The van der Waals surface area contributed by atoms with Gasteiger partial charge < -0.3 is 15.4 Å². The summed E-state index contributed by atoms with van der Waals surface area (Å²) in [5.74, 6) is -0.353. The van der Waals surface area contributed by atoms with Crippen molar-refractivity contribution in [3.05, 3.63) is 35.4 Å². The van der Waals surface area contributed by atoms with Gasteiger partial charge in [-0.3, -0.25) is 9.59 Å². The van der Waals surface area contributed by atoms with Crippen molar-refractivity contribution in [3.8, 4) is 0 Å². The Balaban J connectivity index is 2.11. The normalized spacial score (nSPS) is 21.4. The summed E-state index contributed by atoms with van der Waals surface area (Å²) in [7, 11) is 1.59. The van der Waals surface area contributed by atoms with Gasteiger partial charge in [-0.25, -0.2) is 0 Å². The van der Waals surface area contributed by atoms with E-state index in [2.05, 4.69) is 13.8 Å². The molecule has 0 bridgehead atoms. The fraction of sp³-hybridized carbons (Fsp3) is 0.529. The lowest BCUT2D eigenvalue weighted by Crippen LogP contribution is -2.32. The molecule has 0 unspecified atom stereocenters. The molecule has 1 saturated heterocycles. The van der Waals surface area contributed by atoms with E-state index in [4.69, 9.17) is 10.5 Å². The highest BCUT2D eigenvalue weighted by Gasteiger charge is 2.38. The first-order chi connectivity index (χ1) is 10.4. The van der Waals surface area contributed by atoms with Crippen molar-refractivity contribution in [3.63, 3.8) is 0 Å². The van der Waals surface area contributed by atoms with Gasteiger partial charge in [0.25, 0.3) is 5.91 Å². The molecule has 1 aromatic carbocycles.